The summed E-state index contributed by atoms with van der Waals surface area (Å²) in [6.45, 7) is 5.32. The van der Waals surface area contributed by atoms with Crippen LogP contribution >= 0.6 is 0 Å². The van der Waals surface area contributed by atoms with Crippen molar-refractivity contribution in [3.05, 3.63) is 29.8 Å². The molecular weight excluding hydrogens is 196 g/mol. The van der Waals surface area contributed by atoms with Gasteiger partial charge in [0.1, 0.15) is 11.4 Å². The van der Waals surface area contributed by atoms with E-state index in [4.69, 9.17) is 9.99 Å². The molecule has 0 bridgehead atoms. The number of rotatable bonds is 2. The minimum atomic E-state index is -0.579. The number of carbonyl (C=O) groups excluding carboxylic acids is 1. The zero-order valence-electron chi connectivity index (χ0n) is 8.98. The Kier molecular flexibility index (Phi) is 3.31. The molecule has 4 heteroatoms. The monoisotopic (exact) mass is 210 g/mol. The maximum Gasteiger partial charge on any atom is 0.373 e. The highest BCUT2D eigenvalue weighted by atomic mass is 17.2. The summed E-state index contributed by atoms with van der Waals surface area (Å²) in [4.78, 5) is 20.8. The maximum atomic E-state index is 11.4. The van der Waals surface area contributed by atoms with Crippen molar-refractivity contribution in [1.29, 1.82) is 0 Å². The molecule has 82 valence electrons. The Hall–Kier alpha value is -1.55. The molecule has 0 fully saturated rings. The van der Waals surface area contributed by atoms with Crippen molar-refractivity contribution in [3.8, 4) is 5.75 Å². The molecule has 1 aromatic rings. The van der Waals surface area contributed by atoms with Crippen LogP contribution in [-0.2, 0) is 9.78 Å². The molecule has 0 aliphatic rings. The predicted molar refractivity (Wildman–Crippen MR) is 54.4 cm³/mol. The first-order valence-electron chi connectivity index (χ1n) is 4.57. The average Bonchev–Trinajstić information content (AvgIpc) is 2.14. The third-order valence-electron chi connectivity index (χ3n) is 1.47. The number of benzene rings is 1. The van der Waals surface area contributed by atoms with E-state index in [1.807, 2.05) is 0 Å². The fraction of sp³-hybridized carbons (Fsp3) is 0.364. The van der Waals surface area contributed by atoms with Gasteiger partial charge in [0.15, 0.2) is 0 Å². The minimum absolute atomic E-state index is 0.100. The summed E-state index contributed by atoms with van der Waals surface area (Å²) in [5.74, 6) is -0.479. The number of phenolic OH excluding ortho intramolecular Hbond substituents is 1. The van der Waals surface area contributed by atoms with E-state index in [2.05, 4.69) is 4.89 Å². The standard InChI is InChI=1S/C11H14O4/c1-11(2,3)15-14-10(13)8-4-6-9(12)7-5-8/h4-7,12H,1-3H3. The van der Waals surface area contributed by atoms with Crippen molar-refractivity contribution in [2.45, 2.75) is 26.4 Å². The van der Waals surface area contributed by atoms with Crippen molar-refractivity contribution in [1.82, 2.24) is 0 Å². The van der Waals surface area contributed by atoms with Crippen molar-refractivity contribution in [2.75, 3.05) is 0 Å². The second-order valence-corrected chi connectivity index (χ2v) is 4.11. The summed E-state index contributed by atoms with van der Waals surface area (Å²) in [6, 6.07) is 5.74. The quantitative estimate of drug-likeness (QED) is 0.601. The Balaban J connectivity index is 2.58. The van der Waals surface area contributed by atoms with Gasteiger partial charge in [0.2, 0.25) is 0 Å². The Morgan fingerprint density at radius 3 is 2.20 bits per heavy atom. The third kappa shape index (κ3) is 3.99. The minimum Gasteiger partial charge on any atom is -0.508 e. The molecule has 0 saturated heterocycles. The smallest absolute Gasteiger partial charge is 0.373 e. The van der Waals surface area contributed by atoms with Crippen LogP contribution in [0.2, 0.25) is 0 Å². The van der Waals surface area contributed by atoms with Crippen LogP contribution in [0.1, 0.15) is 31.1 Å². The van der Waals surface area contributed by atoms with Gasteiger partial charge in [-0.1, -0.05) is 0 Å². The Bertz CT molecular complexity index is 335. The molecule has 1 N–H and O–H groups in total. The van der Waals surface area contributed by atoms with Crippen LogP contribution in [0.5, 0.6) is 5.75 Å². The van der Waals surface area contributed by atoms with E-state index in [1.54, 1.807) is 20.8 Å². The first kappa shape index (κ1) is 11.5. The molecule has 0 aliphatic heterocycles. The molecule has 4 nitrogen and oxygen atoms in total. The highest BCUT2D eigenvalue weighted by molar-refractivity contribution is 5.89. The molecule has 0 heterocycles. The number of phenols is 1. The van der Waals surface area contributed by atoms with Crippen molar-refractivity contribution < 1.29 is 19.7 Å². The van der Waals surface area contributed by atoms with Gasteiger partial charge in [-0.3, -0.25) is 4.89 Å². The molecule has 0 atom stereocenters. The lowest BCUT2D eigenvalue weighted by atomic mass is 10.2. The van der Waals surface area contributed by atoms with Crippen LogP contribution in [0.15, 0.2) is 24.3 Å². The summed E-state index contributed by atoms with van der Waals surface area (Å²) >= 11 is 0. The highest BCUT2D eigenvalue weighted by Gasteiger charge is 2.16. The fourth-order valence-corrected chi connectivity index (χ4v) is 0.808. The Morgan fingerprint density at radius 1 is 1.20 bits per heavy atom. The molecule has 0 aromatic heterocycles. The first-order chi connectivity index (χ1) is 6.88. The van der Waals surface area contributed by atoms with E-state index in [0.29, 0.717) is 5.56 Å². The van der Waals surface area contributed by atoms with Crippen LogP contribution in [0.4, 0.5) is 0 Å². The average molecular weight is 210 g/mol. The van der Waals surface area contributed by atoms with Gasteiger partial charge in [-0.15, -0.1) is 0 Å². The fourth-order valence-electron chi connectivity index (χ4n) is 0.808. The van der Waals surface area contributed by atoms with E-state index in [1.165, 1.54) is 24.3 Å². The summed E-state index contributed by atoms with van der Waals surface area (Å²) in [5, 5.41) is 9.01. The van der Waals surface area contributed by atoms with Gasteiger partial charge in [0.05, 0.1) is 5.56 Å². The Labute approximate surface area is 88.4 Å². The van der Waals surface area contributed by atoms with Gasteiger partial charge in [-0.25, -0.2) is 4.79 Å². The number of hydrogen-bond acceptors (Lipinski definition) is 4. The highest BCUT2D eigenvalue weighted by Crippen LogP contribution is 2.13. The zero-order valence-corrected chi connectivity index (χ0v) is 8.98. The lowest BCUT2D eigenvalue weighted by Crippen LogP contribution is -2.21. The summed E-state index contributed by atoms with van der Waals surface area (Å²) in [6.07, 6.45) is 0. The molecule has 15 heavy (non-hydrogen) atoms. The van der Waals surface area contributed by atoms with E-state index in [-0.39, 0.29) is 5.75 Å². The first-order valence-corrected chi connectivity index (χ1v) is 4.57. The van der Waals surface area contributed by atoms with Gasteiger partial charge in [-0.05, 0) is 45.0 Å². The van der Waals surface area contributed by atoms with Crippen molar-refractivity contribution in [2.24, 2.45) is 0 Å². The summed E-state index contributed by atoms with van der Waals surface area (Å²) in [7, 11) is 0. The maximum absolute atomic E-state index is 11.4. The van der Waals surface area contributed by atoms with E-state index >= 15 is 0 Å². The third-order valence-corrected chi connectivity index (χ3v) is 1.47. The number of carbonyl (C=O) groups is 1. The molecular formula is C11H14O4. The summed E-state index contributed by atoms with van der Waals surface area (Å²) < 4.78 is 0. The van der Waals surface area contributed by atoms with Gasteiger partial charge in [-0.2, -0.15) is 4.89 Å². The molecule has 0 spiro atoms. The number of aromatic hydroxyl groups is 1. The molecule has 1 aromatic carbocycles. The van der Waals surface area contributed by atoms with Crippen LogP contribution in [-0.4, -0.2) is 16.7 Å². The second kappa shape index (κ2) is 4.31. The zero-order chi connectivity index (χ0) is 11.5. The number of hydrogen-bond donors (Lipinski definition) is 1. The molecule has 0 radical (unpaired) electrons. The van der Waals surface area contributed by atoms with E-state index in [9.17, 15) is 4.79 Å². The lowest BCUT2D eigenvalue weighted by Gasteiger charge is -2.16. The van der Waals surface area contributed by atoms with Gasteiger partial charge < -0.3 is 5.11 Å². The second-order valence-electron chi connectivity index (χ2n) is 4.11. The predicted octanol–water partition coefficient (Wildman–Crippen LogP) is 2.28. The largest absolute Gasteiger partial charge is 0.508 e. The van der Waals surface area contributed by atoms with Crippen molar-refractivity contribution >= 4 is 5.97 Å². The topological polar surface area (TPSA) is 55.8 Å². The lowest BCUT2D eigenvalue weighted by molar-refractivity contribution is -0.301. The molecule has 0 saturated carbocycles. The van der Waals surface area contributed by atoms with Crippen molar-refractivity contribution in [3.63, 3.8) is 0 Å². The van der Waals surface area contributed by atoms with Gasteiger partial charge in [0.25, 0.3) is 0 Å². The van der Waals surface area contributed by atoms with E-state index in [0.717, 1.165) is 0 Å². The SMILES string of the molecule is CC(C)(C)OOC(=O)c1ccc(O)cc1. The normalized spacial score (nSPS) is 11.1. The molecule has 0 unspecified atom stereocenters. The van der Waals surface area contributed by atoms with Crippen LogP contribution in [0.25, 0.3) is 0 Å². The Morgan fingerprint density at radius 2 is 1.73 bits per heavy atom. The summed E-state index contributed by atoms with van der Waals surface area (Å²) in [5.41, 5.74) is -0.205. The van der Waals surface area contributed by atoms with Gasteiger partial charge in [0, 0.05) is 0 Å². The molecule has 1 rings (SSSR count). The van der Waals surface area contributed by atoms with Crippen LogP contribution in [0.3, 0.4) is 0 Å². The van der Waals surface area contributed by atoms with Crippen LogP contribution < -0.4 is 0 Å². The van der Waals surface area contributed by atoms with Gasteiger partial charge >= 0.3 is 5.97 Å². The van der Waals surface area contributed by atoms with E-state index < -0.39 is 11.6 Å². The molecule has 0 amide bonds. The van der Waals surface area contributed by atoms with Crippen LogP contribution in [0, 0.1) is 0 Å². The molecule has 0 aliphatic carbocycles.